The molecule has 21 heavy (non-hydrogen) atoms. The third-order valence-corrected chi connectivity index (χ3v) is 5.15. The fourth-order valence-electron chi connectivity index (χ4n) is 2.06. The molecule has 0 amide bonds. The van der Waals surface area contributed by atoms with Gasteiger partial charge in [0.1, 0.15) is 0 Å². The van der Waals surface area contributed by atoms with Crippen LogP contribution in [0.5, 0.6) is 0 Å². The molecular weight excluding hydrogens is 300 g/mol. The number of hydrogen-bond acceptors (Lipinski definition) is 6. The molecule has 2 rings (SSSR count). The molecule has 1 unspecified atom stereocenters. The average molecular weight is 325 g/mol. The highest BCUT2D eigenvalue weighted by atomic mass is 32.1. The van der Waals surface area contributed by atoms with Crippen molar-refractivity contribution in [2.24, 2.45) is 0 Å². The van der Waals surface area contributed by atoms with Crippen molar-refractivity contribution in [2.75, 3.05) is 6.54 Å². The van der Waals surface area contributed by atoms with E-state index < -0.39 is 0 Å². The van der Waals surface area contributed by atoms with Gasteiger partial charge in [0.25, 0.3) is 0 Å². The second-order valence-corrected chi connectivity index (χ2v) is 8.04. The van der Waals surface area contributed by atoms with Crippen molar-refractivity contribution in [3.8, 4) is 0 Å². The van der Waals surface area contributed by atoms with E-state index in [2.05, 4.69) is 48.0 Å². The number of rotatable bonds is 6. The molecule has 0 aromatic carbocycles. The largest absolute Gasteiger partial charge is 0.309 e. The molecule has 1 N–H and O–H groups in total. The van der Waals surface area contributed by atoms with Gasteiger partial charge in [0.2, 0.25) is 0 Å². The van der Waals surface area contributed by atoms with Crippen molar-refractivity contribution < 1.29 is 0 Å². The normalized spacial score (nSPS) is 13.6. The van der Waals surface area contributed by atoms with Crippen LogP contribution in [0.1, 0.15) is 61.4 Å². The van der Waals surface area contributed by atoms with E-state index in [0.29, 0.717) is 0 Å². The summed E-state index contributed by atoms with van der Waals surface area (Å²) in [5.41, 5.74) is 2.32. The Morgan fingerprint density at radius 1 is 1.33 bits per heavy atom. The van der Waals surface area contributed by atoms with Crippen LogP contribution in [0.15, 0.2) is 5.38 Å². The summed E-state index contributed by atoms with van der Waals surface area (Å²) in [4.78, 5) is 6.04. The smallest absolute Gasteiger partial charge is 0.0947 e. The minimum Gasteiger partial charge on any atom is -0.309 e. The van der Waals surface area contributed by atoms with E-state index in [1.54, 1.807) is 11.3 Å². The molecule has 0 spiro atoms. The van der Waals surface area contributed by atoms with E-state index in [0.717, 1.165) is 25.1 Å². The Morgan fingerprint density at radius 2 is 2.10 bits per heavy atom. The number of nitrogens with zero attached hydrogens (tertiary/aromatic N) is 3. The number of hydrogen-bond donors (Lipinski definition) is 1. The summed E-state index contributed by atoms with van der Waals surface area (Å²) in [5.74, 6) is 0. The summed E-state index contributed by atoms with van der Waals surface area (Å²) >= 11 is 3.25. The van der Waals surface area contributed by atoms with Crippen molar-refractivity contribution in [3.05, 3.63) is 26.7 Å². The first-order valence-corrected chi connectivity index (χ1v) is 9.04. The lowest BCUT2D eigenvalue weighted by molar-refractivity contribution is 0.527. The van der Waals surface area contributed by atoms with Crippen LogP contribution in [-0.2, 0) is 11.8 Å². The maximum Gasteiger partial charge on any atom is 0.0947 e. The van der Waals surface area contributed by atoms with E-state index in [9.17, 15) is 0 Å². The molecule has 0 aliphatic heterocycles. The lowest BCUT2D eigenvalue weighted by Crippen LogP contribution is -2.24. The summed E-state index contributed by atoms with van der Waals surface area (Å²) in [6.45, 7) is 11.8. The Hall–Kier alpha value is -0.850. The quantitative estimate of drug-likeness (QED) is 0.876. The number of aryl methyl sites for hydroxylation is 1. The minimum absolute atomic E-state index is 0.114. The van der Waals surface area contributed by atoms with Crippen LogP contribution >= 0.6 is 22.9 Å². The Kier molecular flexibility index (Phi) is 5.46. The molecule has 1 atom stereocenters. The third-order valence-electron chi connectivity index (χ3n) is 3.34. The Balaban J connectivity index is 2.15. The maximum atomic E-state index is 4.81. The highest BCUT2D eigenvalue weighted by Crippen LogP contribution is 2.28. The van der Waals surface area contributed by atoms with E-state index in [1.165, 1.54) is 27.1 Å². The van der Waals surface area contributed by atoms with Gasteiger partial charge in [-0.25, -0.2) is 4.98 Å². The topological polar surface area (TPSA) is 50.7 Å². The number of nitrogens with one attached hydrogen (secondary N) is 1. The second kappa shape index (κ2) is 6.94. The van der Waals surface area contributed by atoms with Gasteiger partial charge < -0.3 is 5.32 Å². The molecule has 0 bridgehead atoms. The van der Waals surface area contributed by atoms with Gasteiger partial charge in [-0.2, -0.15) is 0 Å². The van der Waals surface area contributed by atoms with E-state index in [4.69, 9.17) is 4.98 Å². The van der Waals surface area contributed by atoms with Crippen molar-refractivity contribution in [3.63, 3.8) is 0 Å². The van der Waals surface area contributed by atoms with Crippen LogP contribution in [0.3, 0.4) is 0 Å². The molecular formula is C15H24N4S2. The molecule has 0 aliphatic rings. The number of aromatic nitrogens is 3. The van der Waals surface area contributed by atoms with Gasteiger partial charge >= 0.3 is 0 Å². The second-order valence-electron chi connectivity index (χ2n) is 6.31. The monoisotopic (exact) mass is 324 g/mol. The zero-order chi connectivity index (χ0) is 15.5. The van der Waals surface area contributed by atoms with Crippen LogP contribution in [-0.4, -0.2) is 21.1 Å². The van der Waals surface area contributed by atoms with Gasteiger partial charge in [0.05, 0.1) is 27.3 Å². The van der Waals surface area contributed by atoms with Crippen LogP contribution in [0, 0.1) is 6.92 Å². The predicted molar refractivity (Wildman–Crippen MR) is 90.2 cm³/mol. The zero-order valence-electron chi connectivity index (χ0n) is 13.4. The first-order chi connectivity index (χ1) is 9.91. The fraction of sp³-hybridized carbons (Fsp3) is 0.667. The minimum atomic E-state index is 0.114. The molecule has 2 aromatic heterocycles. The van der Waals surface area contributed by atoms with E-state index in [-0.39, 0.29) is 11.5 Å². The average Bonchev–Trinajstić information content (AvgIpc) is 3.02. The highest BCUT2D eigenvalue weighted by Gasteiger charge is 2.21. The molecule has 0 fully saturated rings. The van der Waals surface area contributed by atoms with Gasteiger partial charge in [-0.1, -0.05) is 32.2 Å². The van der Waals surface area contributed by atoms with Crippen LogP contribution in [0.2, 0.25) is 0 Å². The van der Waals surface area contributed by atoms with Gasteiger partial charge in [-0.05, 0) is 31.4 Å². The van der Waals surface area contributed by atoms with Gasteiger partial charge in [-0.15, -0.1) is 16.4 Å². The summed E-state index contributed by atoms with van der Waals surface area (Å²) in [5, 5.41) is 11.1. The predicted octanol–water partition coefficient (Wildman–Crippen LogP) is 3.88. The van der Waals surface area contributed by atoms with Crippen LogP contribution in [0.25, 0.3) is 0 Å². The van der Waals surface area contributed by atoms with E-state index >= 15 is 0 Å². The van der Waals surface area contributed by atoms with Crippen molar-refractivity contribution in [1.82, 2.24) is 19.9 Å². The molecule has 2 aromatic rings. The maximum absolute atomic E-state index is 4.81. The SMILES string of the molecule is CCCNC(Cc1nc(C(C)(C)C)cs1)c1snnc1C. The Bertz CT molecular complexity index is 568. The van der Waals surface area contributed by atoms with E-state index in [1.807, 2.05) is 6.92 Å². The van der Waals surface area contributed by atoms with Gasteiger partial charge in [-0.3, -0.25) is 0 Å². The molecule has 4 nitrogen and oxygen atoms in total. The van der Waals surface area contributed by atoms with Crippen molar-refractivity contribution >= 4 is 22.9 Å². The van der Waals surface area contributed by atoms with Crippen LogP contribution in [0.4, 0.5) is 0 Å². The molecule has 6 heteroatoms. The summed E-state index contributed by atoms with van der Waals surface area (Å²) < 4.78 is 4.07. The molecule has 0 radical (unpaired) electrons. The lowest BCUT2D eigenvalue weighted by Gasteiger charge is -2.16. The molecule has 0 saturated carbocycles. The van der Waals surface area contributed by atoms with Crippen LogP contribution < -0.4 is 5.32 Å². The van der Waals surface area contributed by atoms with Crippen molar-refractivity contribution in [1.29, 1.82) is 0 Å². The summed E-state index contributed by atoms with van der Waals surface area (Å²) in [6, 6.07) is 0.268. The fourth-order valence-corrected chi connectivity index (χ4v) is 3.84. The summed E-state index contributed by atoms with van der Waals surface area (Å²) in [7, 11) is 0. The third kappa shape index (κ3) is 4.31. The Labute approximate surface area is 135 Å². The Morgan fingerprint density at radius 3 is 2.62 bits per heavy atom. The standard InChI is InChI=1S/C15H24N4S2/c1-6-7-16-11(14-10(2)18-19-21-14)8-13-17-12(9-20-13)15(3,4)5/h9,11,16H,6-8H2,1-5H3. The van der Waals surface area contributed by atoms with Gasteiger partial charge in [0.15, 0.2) is 0 Å². The lowest BCUT2D eigenvalue weighted by atomic mass is 9.93. The van der Waals surface area contributed by atoms with Crippen molar-refractivity contribution in [2.45, 2.75) is 58.9 Å². The summed E-state index contributed by atoms with van der Waals surface area (Å²) in [6.07, 6.45) is 2.03. The first kappa shape index (κ1) is 16.5. The molecule has 0 saturated heterocycles. The number of thiazole rings is 1. The molecule has 2 heterocycles. The highest BCUT2D eigenvalue weighted by molar-refractivity contribution is 7.09. The zero-order valence-corrected chi connectivity index (χ0v) is 15.1. The first-order valence-electron chi connectivity index (χ1n) is 7.39. The van der Waals surface area contributed by atoms with Gasteiger partial charge in [0, 0.05) is 17.2 Å². The molecule has 116 valence electrons. The molecule has 0 aliphatic carbocycles.